The molecule has 1 heterocycles. The molecule has 1 atom stereocenters. The summed E-state index contributed by atoms with van der Waals surface area (Å²) in [5, 5.41) is 24.7. The third-order valence-electron chi connectivity index (χ3n) is 5.77. The van der Waals surface area contributed by atoms with Gasteiger partial charge < -0.3 is 19.5 Å². The Bertz CT molecular complexity index is 1260. The number of methoxy groups -OCH3 is 1. The van der Waals surface area contributed by atoms with Crippen molar-refractivity contribution in [3.63, 3.8) is 0 Å². The van der Waals surface area contributed by atoms with Crippen LogP contribution in [-0.2, 0) is 11.2 Å². The molecule has 0 fully saturated rings. The number of rotatable bonds is 9. The van der Waals surface area contributed by atoms with Gasteiger partial charge in [0.15, 0.2) is 0 Å². The Kier molecular flexibility index (Phi) is 6.40. The summed E-state index contributed by atoms with van der Waals surface area (Å²) in [7, 11) is 1.63. The topological polar surface area (TPSA) is 92.3 Å². The van der Waals surface area contributed by atoms with Gasteiger partial charge in [0, 0.05) is 22.3 Å². The van der Waals surface area contributed by atoms with Gasteiger partial charge in [-0.15, -0.1) is 0 Å². The van der Waals surface area contributed by atoms with E-state index in [1.165, 1.54) is 0 Å². The molecule has 2 N–H and O–H groups in total. The minimum Gasteiger partial charge on any atom is -0.497 e. The first-order chi connectivity index (χ1) is 15.6. The maximum Gasteiger partial charge on any atom is 0.304 e. The number of furan rings is 1. The van der Waals surface area contributed by atoms with Gasteiger partial charge >= 0.3 is 5.97 Å². The highest BCUT2D eigenvalue weighted by molar-refractivity contribution is 6.10. The molecule has 0 aliphatic carbocycles. The van der Waals surface area contributed by atoms with E-state index >= 15 is 0 Å². The largest absolute Gasteiger partial charge is 0.497 e. The molecule has 0 aliphatic rings. The molecule has 0 radical (unpaired) electrons. The zero-order valence-corrected chi connectivity index (χ0v) is 17.8. The average Bonchev–Trinajstić information content (AvgIpc) is 3.18. The third kappa shape index (κ3) is 4.59. The zero-order valence-electron chi connectivity index (χ0n) is 17.8. The highest BCUT2D eigenvalue weighted by atomic mass is 16.5. The van der Waals surface area contributed by atoms with Crippen LogP contribution < -0.4 is 4.74 Å². The summed E-state index contributed by atoms with van der Waals surface area (Å²) < 4.78 is 11.1. The molecule has 1 unspecified atom stereocenters. The first kappa shape index (κ1) is 21.4. The first-order valence-corrected chi connectivity index (χ1v) is 10.6. The maximum atomic E-state index is 11.5. The van der Waals surface area contributed by atoms with Crippen molar-refractivity contribution in [2.24, 2.45) is 11.1 Å². The van der Waals surface area contributed by atoms with Crippen molar-refractivity contribution in [2.45, 2.75) is 25.7 Å². The van der Waals surface area contributed by atoms with Crippen LogP contribution in [0.2, 0.25) is 0 Å². The van der Waals surface area contributed by atoms with Gasteiger partial charge in [0.1, 0.15) is 16.9 Å². The van der Waals surface area contributed by atoms with E-state index in [1.54, 1.807) is 7.11 Å². The lowest BCUT2D eigenvalue weighted by molar-refractivity contribution is -0.137. The third-order valence-corrected chi connectivity index (χ3v) is 5.77. The van der Waals surface area contributed by atoms with Gasteiger partial charge in [0.25, 0.3) is 0 Å². The Hall–Kier alpha value is -3.80. The number of fused-ring (bicyclic) bond motifs is 3. The van der Waals surface area contributed by atoms with Crippen molar-refractivity contribution in [3.8, 4) is 5.75 Å². The van der Waals surface area contributed by atoms with E-state index in [-0.39, 0.29) is 6.42 Å². The SMILES string of the molecule is COc1ccc(CCCC(CC(=O)O)/C(=N\O)c2ccc3oc4ccccc4c3c2)cc1. The van der Waals surface area contributed by atoms with Crippen LogP contribution >= 0.6 is 0 Å². The number of ether oxygens (including phenoxy) is 1. The second kappa shape index (κ2) is 9.56. The molecule has 0 spiro atoms. The van der Waals surface area contributed by atoms with Gasteiger partial charge in [-0.3, -0.25) is 4.79 Å². The van der Waals surface area contributed by atoms with Crippen LogP contribution in [0, 0.1) is 5.92 Å². The molecular weight excluding hydrogens is 406 g/mol. The number of oxime groups is 1. The minimum atomic E-state index is -0.921. The van der Waals surface area contributed by atoms with E-state index in [0.717, 1.165) is 46.1 Å². The van der Waals surface area contributed by atoms with Crippen molar-refractivity contribution in [3.05, 3.63) is 77.9 Å². The maximum absolute atomic E-state index is 11.5. The lowest BCUT2D eigenvalue weighted by Gasteiger charge is -2.17. The first-order valence-electron chi connectivity index (χ1n) is 10.6. The number of hydrogen-bond donors (Lipinski definition) is 2. The van der Waals surface area contributed by atoms with Crippen LogP contribution in [0.4, 0.5) is 0 Å². The number of aliphatic carboxylic acids is 1. The molecule has 0 amide bonds. The molecule has 0 saturated carbocycles. The number of aryl methyl sites for hydroxylation is 1. The number of hydrogen-bond acceptors (Lipinski definition) is 5. The number of benzene rings is 3. The quantitative estimate of drug-likeness (QED) is 0.196. The predicted molar refractivity (Wildman–Crippen MR) is 124 cm³/mol. The van der Waals surface area contributed by atoms with Crippen molar-refractivity contribution in [1.82, 2.24) is 0 Å². The number of carbonyl (C=O) groups is 1. The van der Waals surface area contributed by atoms with Gasteiger partial charge in [-0.05, 0) is 61.2 Å². The molecular formula is C26H25NO5. The predicted octanol–water partition coefficient (Wildman–Crippen LogP) is 5.89. The molecule has 0 bridgehead atoms. The van der Waals surface area contributed by atoms with Gasteiger partial charge in [-0.2, -0.15) is 0 Å². The van der Waals surface area contributed by atoms with E-state index in [9.17, 15) is 15.1 Å². The fourth-order valence-corrected chi connectivity index (χ4v) is 4.15. The van der Waals surface area contributed by atoms with E-state index in [4.69, 9.17) is 9.15 Å². The van der Waals surface area contributed by atoms with Crippen molar-refractivity contribution < 1.29 is 24.3 Å². The van der Waals surface area contributed by atoms with Gasteiger partial charge in [0.05, 0.1) is 19.2 Å². The van der Waals surface area contributed by atoms with Crippen molar-refractivity contribution >= 4 is 33.6 Å². The fraction of sp³-hybridized carbons (Fsp3) is 0.231. The summed E-state index contributed by atoms with van der Waals surface area (Å²) >= 11 is 0. The summed E-state index contributed by atoms with van der Waals surface area (Å²) in [4.78, 5) is 11.5. The van der Waals surface area contributed by atoms with E-state index in [0.29, 0.717) is 17.7 Å². The Morgan fingerprint density at radius 1 is 1.03 bits per heavy atom. The minimum absolute atomic E-state index is 0.105. The Morgan fingerprint density at radius 3 is 2.50 bits per heavy atom. The molecule has 4 aromatic rings. The van der Waals surface area contributed by atoms with Crippen molar-refractivity contribution in [2.75, 3.05) is 7.11 Å². The summed E-state index contributed by atoms with van der Waals surface area (Å²) in [6.07, 6.45) is 2.04. The van der Waals surface area contributed by atoms with Crippen LogP contribution in [0.1, 0.15) is 30.4 Å². The van der Waals surface area contributed by atoms with E-state index in [2.05, 4.69) is 5.16 Å². The molecule has 0 aliphatic heterocycles. The number of nitrogens with zero attached hydrogens (tertiary/aromatic N) is 1. The van der Waals surface area contributed by atoms with E-state index in [1.807, 2.05) is 66.7 Å². The van der Waals surface area contributed by atoms with Gasteiger partial charge in [-0.25, -0.2) is 0 Å². The smallest absolute Gasteiger partial charge is 0.304 e. The number of para-hydroxylation sites is 1. The molecule has 3 aromatic carbocycles. The van der Waals surface area contributed by atoms with Crippen LogP contribution in [-0.4, -0.2) is 29.1 Å². The van der Waals surface area contributed by atoms with Crippen LogP contribution in [0.15, 0.2) is 76.3 Å². The van der Waals surface area contributed by atoms with Crippen LogP contribution in [0.25, 0.3) is 21.9 Å². The van der Waals surface area contributed by atoms with Gasteiger partial charge in [-0.1, -0.05) is 35.5 Å². The molecule has 4 rings (SSSR count). The number of carboxylic acids is 1. The Morgan fingerprint density at radius 2 is 1.78 bits per heavy atom. The summed E-state index contributed by atoms with van der Waals surface area (Å²) in [6.45, 7) is 0. The fourth-order valence-electron chi connectivity index (χ4n) is 4.15. The second-order valence-electron chi connectivity index (χ2n) is 7.83. The average molecular weight is 431 g/mol. The monoisotopic (exact) mass is 431 g/mol. The van der Waals surface area contributed by atoms with Crippen molar-refractivity contribution in [1.29, 1.82) is 0 Å². The van der Waals surface area contributed by atoms with Gasteiger partial charge in [0.2, 0.25) is 0 Å². The Labute approximate surface area is 185 Å². The normalized spacial score (nSPS) is 12.8. The van der Waals surface area contributed by atoms with Crippen LogP contribution in [0.3, 0.4) is 0 Å². The summed E-state index contributed by atoms with van der Waals surface area (Å²) in [6, 6.07) is 21.1. The van der Waals surface area contributed by atoms with Crippen LogP contribution in [0.5, 0.6) is 5.75 Å². The lowest BCUT2D eigenvalue weighted by atomic mass is 9.88. The highest BCUT2D eigenvalue weighted by Gasteiger charge is 2.22. The molecule has 164 valence electrons. The molecule has 6 nitrogen and oxygen atoms in total. The lowest BCUT2D eigenvalue weighted by Crippen LogP contribution is -2.20. The molecule has 1 aromatic heterocycles. The summed E-state index contributed by atoms with van der Waals surface area (Å²) in [5.41, 5.74) is 3.75. The Balaban J connectivity index is 1.56. The standard InChI is InChI=1S/C26H25NO5/c1-31-20-12-9-17(10-13-20)5-4-6-18(16-25(28)29)26(27-30)19-11-14-24-22(15-19)21-7-2-3-8-23(21)32-24/h2-3,7-15,18,30H,4-6,16H2,1H3,(H,28,29)/b27-26+. The molecule has 32 heavy (non-hydrogen) atoms. The zero-order chi connectivity index (χ0) is 22.5. The second-order valence-corrected chi connectivity index (χ2v) is 7.83. The highest BCUT2D eigenvalue weighted by Crippen LogP contribution is 2.31. The summed E-state index contributed by atoms with van der Waals surface area (Å²) in [5.74, 6) is -0.531. The molecule has 6 heteroatoms. The molecule has 0 saturated heterocycles. The van der Waals surface area contributed by atoms with E-state index < -0.39 is 11.9 Å². The number of carboxylic acid groups (broad SMARTS) is 1.